The molecule has 0 heterocycles. The zero-order chi connectivity index (χ0) is 10.6. The van der Waals surface area contributed by atoms with Crippen molar-refractivity contribution < 1.29 is 5.11 Å². The molecule has 1 nitrogen and oxygen atoms in total. The van der Waals surface area contributed by atoms with Gasteiger partial charge in [0.15, 0.2) is 0 Å². The second-order valence-corrected chi connectivity index (χ2v) is 5.60. The normalized spacial score (nSPS) is 24.0. The molecule has 0 spiro atoms. The van der Waals surface area contributed by atoms with Gasteiger partial charge in [-0.2, -0.15) is 0 Å². The summed E-state index contributed by atoms with van der Waals surface area (Å²) in [5, 5.41) is 10.2. The summed E-state index contributed by atoms with van der Waals surface area (Å²) in [5.74, 6) is 1.49. The molecule has 14 heavy (non-hydrogen) atoms. The fourth-order valence-corrected chi connectivity index (χ4v) is 2.75. The maximum atomic E-state index is 10.2. The minimum Gasteiger partial charge on any atom is -0.390 e. The van der Waals surface area contributed by atoms with Gasteiger partial charge in [-0.3, -0.25) is 0 Å². The van der Waals surface area contributed by atoms with Gasteiger partial charge >= 0.3 is 0 Å². The molecule has 1 rings (SSSR count). The highest BCUT2D eigenvalue weighted by atomic mass is 16.3. The summed E-state index contributed by atoms with van der Waals surface area (Å²) in [4.78, 5) is 0. The van der Waals surface area contributed by atoms with Crippen LogP contribution in [0.3, 0.4) is 0 Å². The van der Waals surface area contributed by atoms with Crippen molar-refractivity contribution in [1.29, 1.82) is 0 Å². The van der Waals surface area contributed by atoms with Crippen molar-refractivity contribution in [3.8, 4) is 0 Å². The van der Waals surface area contributed by atoms with E-state index in [1.165, 1.54) is 32.1 Å². The SMILES string of the molecule is CCCC(C)CC(C)(O)CC1CCC1. The molecule has 1 aliphatic rings. The van der Waals surface area contributed by atoms with Crippen molar-refractivity contribution in [3.05, 3.63) is 0 Å². The lowest BCUT2D eigenvalue weighted by Crippen LogP contribution is -2.32. The molecule has 84 valence electrons. The summed E-state index contributed by atoms with van der Waals surface area (Å²) >= 11 is 0. The Morgan fingerprint density at radius 2 is 2.07 bits per heavy atom. The molecule has 1 heteroatoms. The van der Waals surface area contributed by atoms with Gasteiger partial charge in [0, 0.05) is 0 Å². The average molecular weight is 198 g/mol. The summed E-state index contributed by atoms with van der Waals surface area (Å²) in [7, 11) is 0. The van der Waals surface area contributed by atoms with Crippen molar-refractivity contribution in [2.75, 3.05) is 0 Å². The summed E-state index contributed by atoms with van der Waals surface area (Å²) in [6.45, 7) is 6.51. The Morgan fingerprint density at radius 3 is 2.50 bits per heavy atom. The molecule has 0 amide bonds. The van der Waals surface area contributed by atoms with Crippen molar-refractivity contribution >= 4 is 0 Å². The van der Waals surface area contributed by atoms with Crippen molar-refractivity contribution in [1.82, 2.24) is 0 Å². The topological polar surface area (TPSA) is 20.2 Å². The van der Waals surface area contributed by atoms with Crippen LogP contribution in [-0.4, -0.2) is 10.7 Å². The van der Waals surface area contributed by atoms with E-state index in [1.807, 2.05) is 6.92 Å². The van der Waals surface area contributed by atoms with Crippen molar-refractivity contribution in [2.45, 2.75) is 71.3 Å². The summed E-state index contributed by atoms with van der Waals surface area (Å²) < 4.78 is 0. The molecule has 1 N–H and O–H groups in total. The monoisotopic (exact) mass is 198 g/mol. The standard InChI is InChI=1S/C13H26O/c1-4-6-11(2)9-13(3,14)10-12-7-5-8-12/h11-12,14H,4-10H2,1-3H3. The van der Waals surface area contributed by atoms with Gasteiger partial charge in [0.2, 0.25) is 0 Å². The van der Waals surface area contributed by atoms with Crippen molar-refractivity contribution in [3.63, 3.8) is 0 Å². The van der Waals surface area contributed by atoms with Crippen LogP contribution >= 0.6 is 0 Å². The summed E-state index contributed by atoms with van der Waals surface area (Å²) in [6, 6.07) is 0. The first-order chi connectivity index (χ1) is 6.53. The summed E-state index contributed by atoms with van der Waals surface area (Å²) in [6.07, 6.45) is 8.57. The number of aliphatic hydroxyl groups is 1. The van der Waals surface area contributed by atoms with E-state index >= 15 is 0 Å². The van der Waals surface area contributed by atoms with E-state index in [0.29, 0.717) is 5.92 Å². The third kappa shape index (κ3) is 4.00. The van der Waals surface area contributed by atoms with Gasteiger partial charge < -0.3 is 5.11 Å². The lowest BCUT2D eigenvalue weighted by Gasteiger charge is -2.34. The van der Waals surface area contributed by atoms with Crippen LogP contribution in [0.15, 0.2) is 0 Å². The maximum Gasteiger partial charge on any atom is 0.0625 e. The Hall–Kier alpha value is -0.0400. The molecule has 0 aromatic heterocycles. The molecular weight excluding hydrogens is 172 g/mol. The Labute approximate surface area is 88.9 Å². The smallest absolute Gasteiger partial charge is 0.0625 e. The van der Waals surface area contributed by atoms with E-state index < -0.39 is 5.60 Å². The molecule has 0 saturated heterocycles. The first-order valence-corrected chi connectivity index (χ1v) is 6.26. The van der Waals surface area contributed by atoms with Gasteiger partial charge in [-0.25, -0.2) is 0 Å². The van der Waals surface area contributed by atoms with Gasteiger partial charge in [0.05, 0.1) is 5.60 Å². The van der Waals surface area contributed by atoms with Crippen LogP contribution in [0.5, 0.6) is 0 Å². The Bertz CT molecular complexity index is 159. The Balaban J connectivity index is 2.24. The van der Waals surface area contributed by atoms with Crippen LogP contribution in [0.1, 0.15) is 65.7 Å². The quantitative estimate of drug-likeness (QED) is 0.689. The second-order valence-electron chi connectivity index (χ2n) is 5.60. The molecule has 2 unspecified atom stereocenters. The average Bonchev–Trinajstić information content (AvgIpc) is 1.96. The third-order valence-corrected chi connectivity index (χ3v) is 3.52. The molecule has 1 saturated carbocycles. The van der Waals surface area contributed by atoms with Crippen LogP contribution in [-0.2, 0) is 0 Å². The Morgan fingerprint density at radius 1 is 1.43 bits per heavy atom. The highest BCUT2D eigenvalue weighted by Crippen LogP contribution is 2.36. The van der Waals surface area contributed by atoms with Gasteiger partial charge in [0.1, 0.15) is 0 Å². The van der Waals surface area contributed by atoms with E-state index in [-0.39, 0.29) is 0 Å². The molecule has 0 radical (unpaired) electrons. The first kappa shape index (κ1) is 12.0. The number of rotatable bonds is 6. The zero-order valence-electron chi connectivity index (χ0n) is 10.1. The minimum atomic E-state index is -0.403. The van der Waals surface area contributed by atoms with Crippen molar-refractivity contribution in [2.24, 2.45) is 11.8 Å². The molecular formula is C13H26O. The van der Waals surface area contributed by atoms with E-state index in [2.05, 4.69) is 13.8 Å². The van der Waals surface area contributed by atoms with E-state index in [1.54, 1.807) is 0 Å². The van der Waals surface area contributed by atoms with E-state index in [0.717, 1.165) is 18.8 Å². The minimum absolute atomic E-state index is 0.403. The van der Waals surface area contributed by atoms with Crippen LogP contribution in [0.4, 0.5) is 0 Å². The van der Waals surface area contributed by atoms with Crippen LogP contribution < -0.4 is 0 Å². The largest absolute Gasteiger partial charge is 0.390 e. The van der Waals surface area contributed by atoms with E-state index in [9.17, 15) is 5.11 Å². The van der Waals surface area contributed by atoms with Gasteiger partial charge in [-0.1, -0.05) is 46.0 Å². The fraction of sp³-hybridized carbons (Fsp3) is 1.00. The fourth-order valence-electron chi connectivity index (χ4n) is 2.75. The molecule has 1 aliphatic carbocycles. The molecule has 0 aliphatic heterocycles. The predicted octanol–water partition coefficient (Wildman–Crippen LogP) is 3.75. The molecule has 0 aromatic rings. The van der Waals surface area contributed by atoms with Gasteiger partial charge in [0.25, 0.3) is 0 Å². The first-order valence-electron chi connectivity index (χ1n) is 6.26. The maximum absolute atomic E-state index is 10.2. The third-order valence-electron chi connectivity index (χ3n) is 3.52. The molecule has 2 atom stereocenters. The van der Waals surface area contributed by atoms with Crippen LogP contribution in [0.25, 0.3) is 0 Å². The highest BCUT2D eigenvalue weighted by Gasteiger charge is 2.29. The van der Waals surface area contributed by atoms with Gasteiger partial charge in [-0.05, 0) is 31.6 Å². The molecule has 1 fully saturated rings. The number of hydrogen-bond donors (Lipinski definition) is 1. The zero-order valence-corrected chi connectivity index (χ0v) is 10.1. The van der Waals surface area contributed by atoms with Gasteiger partial charge in [-0.15, -0.1) is 0 Å². The van der Waals surface area contributed by atoms with E-state index in [4.69, 9.17) is 0 Å². The van der Waals surface area contributed by atoms with Crippen LogP contribution in [0, 0.1) is 11.8 Å². The number of hydrogen-bond acceptors (Lipinski definition) is 1. The summed E-state index contributed by atoms with van der Waals surface area (Å²) in [5.41, 5.74) is -0.403. The molecule has 0 bridgehead atoms. The highest BCUT2D eigenvalue weighted by molar-refractivity contribution is 4.82. The second kappa shape index (κ2) is 5.16. The lowest BCUT2D eigenvalue weighted by atomic mass is 9.75. The molecule has 0 aromatic carbocycles. The lowest BCUT2D eigenvalue weighted by molar-refractivity contribution is -0.000317. The van der Waals surface area contributed by atoms with Crippen LogP contribution in [0.2, 0.25) is 0 Å². The predicted molar refractivity (Wildman–Crippen MR) is 61.3 cm³/mol. The Kier molecular flexibility index (Phi) is 4.43.